The molecule has 5 nitrogen and oxygen atoms in total. The molecule has 0 aliphatic heterocycles. The van der Waals surface area contributed by atoms with Gasteiger partial charge < -0.3 is 4.98 Å². The highest BCUT2D eigenvalue weighted by atomic mass is 32.2. The third-order valence-electron chi connectivity index (χ3n) is 2.66. The van der Waals surface area contributed by atoms with Gasteiger partial charge in [-0.3, -0.25) is 4.79 Å². The Morgan fingerprint density at radius 2 is 2.10 bits per heavy atom. The van der Waals surface area contributed by atoms with E-state index in [4.69, 9.17) is 0 Å². The number of pyridine rings is 1. The van der Waals surface area contributed by atoms with E-state index in [-0.39, 0.29) is 5.56 Å². The molecule has 0 spiro atoms. The largest absolute Gasteiger partial charge is 0.301 e. The number of nitriles is 1. The number of benzene rings is 1. The minimum atomic E-state index is -0.219. The third-order valence-corrected chi connectivity index (χ3v) is 3.48. The highest BCUT2D eigenvalue weighted by Gasteiger charge is 2.07. The van der Waals surface area contributed by atoms with Crippen LogP contribution in [-0.2, 0) is 0 Å². The van der Waals surface area contributed by atoms with Crippen molar-refractivity contribution in [2.24, 2.45) is 0 Å². The molecule has 0 aliphatic carbocycles. The lowest BCUT2D eigenvalue weighted by Gasteiger charge is -2.04. The van der Waals surface area contributed by atoms with E-state index in [1.165, 1.54) is 24.0 Å². The van der Waals surface area contributed by atoms with E-state index in [0.29, 0.717) is 15.7 Å². The van der Waals surface area contributed by atoms with Gasteiger partial charge in [-0.25, -0.2) is 9.97 Å². The highest BCUT2D eigenvalue weighted by Crippen LogP contribution is 2.26. The predicted octanol–water partition coefficient (Wildman–Crippen LogP) is 2.34. The van der Waals surface area contributed by atoms with Crippen LogP contribution in [0.25, 0.3) is 10.9 Å². The number of nitrogens with zero attached hydrogens (tertiary/aromatic N) is 3. The van der Waals surface area contributed by atoms with E-state index < -0.39 is 0 Å². The van der Waals surface area contributed by atoms with Crippen LogP contribution in [0.5, 0.6) is 0 Å². The van der Waals surface area contributed by atoms with E-state index in [1.807, 2.05) is 24.3 Å². The van der Waals surface area contributed by atoms with Gasteiger partial charge in [-0.15, -0.1) is 0 Å². The van der Waals surface area contributed by atoms with Crippen molar-refractivity contribution in [1.82, 2.24) is 15.0 Å². The summed E-state index contributed by atoms with van der Waals surface area (Å²) in [6, 6.07) is 12.6. The Balaban J connectivity index is 2.09. The number of fused-ring (bicyclic) bond motifs is 1. The van der Waals surface area contributed by atoms with Crippen molar-refractivity contribution in [2.75, 3.05) is 0 Å². The molecule has 0 saturated heterocycles. The number of para-hydroxylation sites is 1. The molecule has 3 rings (SSSR count). The Bertz CT molecular complexity index is 882. The minimum Gasteiger partial charge on any atom is -0.301 e. The van der Waals surface area contributed by atoms with Crippen LogP contribution in [0.1, 0.15) is 5.56 Å². The molecule has 2 aromatic heterocycles. The fraction of sp³-hybridized carbons (Fsp3) is 0. The van der Waals surface area contributed by atoms with E-state index in [9.17, 15) is 10.1 Å². The van der Waals surface area contributed by atoms with Gasteiger partial charge in [0, 0.05) is 17.6 Å². The molecule has 1 N–H and O–H groups in total. The highest BCUT2D eigenvalue weighted by molar-refractivity contribution is 7.99. The van der Waals surface area contributed by atoms with Gasteiger partial charge in [0.15, 0.2) is 5.16 Å². The number of nitrogens with one attached hydrogen (secondary N) is 1. The predicted molar refractivity (Wildman–Crippen MR) is 75.4 cm³/mol. The zero-order valence-corrected chi connectivity index (χ0v) is 11.0. The minimum absolute atomic E-state index is 0.219. The van der Waals surface area contributed by atoms with E-state index in [2.05, 4.69) is 21.0 Å². The van der Waals surface area contributed by atoms with Gasteiger partial charge in [0.1, 0.15) is 5.03 Å². The monoisotopic (exact) mass is 280 g/mol. The van der Waals surface area contributed by atoms with Gasteiger partial charge in [-0.05, 0) is 23.9 Å². The van der Waals surface area contributed by atoms with Crippen molar-refractivity contribution < 1.29 is 0 Å². The first kappa shape index (κ1) is 12.4. The number of rotatable bonds is 2. The Labute approximate surface area is 118 Å². The van der Waals surface area contributed by atoms with Crippen LogP contribution in [0.2, 0.25) is 0 Å². The van der Waals surface area contributed by atoms with Gasteiger partial charge in [-0.2, -0.15) is 5.26 Å². The molecule has 0 fully saturated rings. The Morgan fingerprint density at radius 3 is 2.90 bits per heavy atom. The fourth-order valence-electron chi connectivity index (χ4n) is 1.80. The van der Waals surface area contributed by atoms with Crippen molar-refractivity contribution >= 4 is 22.7 Å². The molecule has 3 aromatic rings. The van der Waals surface area contributed by atoms with Crippen LogP contribution in [0.4, 0.5) is 0 Å². The third kappa shape index (κ3) is 2.39. The summed E-state index contributed by atoms with van der Waals surface area (Å²) in [5, 5.41) is 11.1. The van der Waals surface area contributed by atoms with Gasteiger partial charge in [0.05, 0.1) is 17.1 Å². The lowest BCUT2D eigenvalue weighted by atomic mass is 10.1. The van der Waals surface area contributed by atoms with Crippen LogP contribution in [0.3, 0.4) is 0 Å². The second-order valence-corrected chi connectivity index (χ2v) is 4.99. The fourth-order valence-corrected chi connectivity index (χ4v) is 2.58. The lowest BCUT2D eigenvalue weighted by Crippen LogP contribution is -2.05. The first-order valence-electron chi connectivity index (χ1n) is 5.79. The van der Waals surface area contributed by atoms with Crippen molar-refractivity contribution in [2.45, 2.75) is 10.2 Å². The molecule has 96 valence electrons. The first-order valence-corrected chi connectivity index (χ1v) is 6.61. The SMILES string of the molecule is N#Cc1cc(Sc2nccc(=O)[nH]2)nc2ccccc12. The number of hydrogen-bond donors (Lipinski definition) is 1. The van der Waals surface area contributed by atoms with Gasteiger partial charge >= 0.3 is 0 Å². The summed E-state index contributed by atoms with van der Waals surface area (Å²) in [5.41, 5.74) is 1.08. The molecular formula is C14H8N4OS. The maximum Gasteiger partial charge on any atom is 0.251 e. The average molecular weight is 280 g/mol. The first-order chi connectivity index (χ1) is 9.76. The molecule has 0 bridgehead atoms. The topological polar surface area (TPSA) is 82.4 Å². The van der Waals surface area contributed by atoms with Crippen LogP contribution in [0.15, 0.2) is 57.6 Å². The number of aromatic nitrogens is 3. The van der Waals surface area contributed by atoms with Gasteiger partial charge in [0.2, 0.25) is 0 Å². The van der Waals surface area contributed by atoms with Crippen molar-refractivity contribution in [3.05, 3.63) is 58.5 Å². The van der Waals surface area contributed by atoms with Crippen LogP contribution < -0.4 is 5.56 Å². The quantitative estimate of drug-likeness (QED) is 0.728. The summed E-state index contributed by atoms with van der Waals surface area (Å²) in [6.07, 6.45) is 1.44. The lowest BCUT2D eigenvalue weighted by molar-refractivity contribution is 0.933. The Morgan fingerprint density at radius 1 is 1.25 bits per heavy atom. The number of H-pyrrole nitrogens is 1. The van der Waals surface area contributed by atoms with Crippen LogP contribution in [-0.4, -0.2) is 15.0 Å². The van der Waals surface area contributed by atoms with E-state index >= 15 is 0 Å². The summed E-state index contributed by atoms with van der Waals surface area (Å²) in [4.78, 5) is 22.4. The maximum atomic E-state index is 11.2. The summed E-state index contributed by atoms with van der Waals surface area (Å²) in [6.45, 7) is 0. The van der Waals surface area contributed by atoms with Gasteiger partial charge in [-0.1, -0.05) is 18.2 Å². The van der Waals surface area contributed by atoms with Crippen molar-refractivity contribution in [3.63, 3.8) is 0 Å². The van der Waals surface area contributed by atoms with Crippen molar-refractivity contribution in [1.29, 1.82) is 5.26 Å². The maximum absolute atomic E-state index is 11.2. The average Bonchev–Trinajstić information content (AvgIpc) is 2.46. The van der Waals surface area contributed by atoms with Crippen LogP contribution in [0, 0.1) is 11.3 Å². The van der Waals surface area contributed by atoms with Gasteiger partial charge in [0.25, 0.3) is 5.56 Å². The molecule has 0 radical (unpaired) electrons. The summed E-state index contributed by atoms with van der Waals surface area (Å²) in [7, 11) is 0. The molecule has 1 aromatic carbocycles. The molecule has 6 heteroatoms. The summed E-state index contributed by atoms with van der Waals surface area (Å²) < 4.78 is 0. The zero-order chi connectivity index (χ0) is 13.9. The van der Waals surface area contributed by atoms with Crippen molar-refractivity contribution in [3.8, 4) is 6.07 Å². The molecule has 0 atom stereocenters. The summed E-state index contributed by atoms with van der Waals surface area (Å²) >= 11 is 1.22. The second-order valence-electron chi connectivity index (χ2n) is 3.98. The van der Waals surface area contributed by atoms with E-state index in [0.717, 1.165) is 10.9 Å². The molecule has 20 heavy (non-hydrogen) atoms. The Kier molecular flexibility index (Phi) is 3.19. The zero-order valence-electron chi connectivity index (χ0n) is 10.2. The second kappa shape index (κ2) is 5.15. The van der Waals surface area contributed by atoms with Crippen LogP contribution >= 0.6 is 11.8 Å². The molecule has 2 heterocycles. The molecule has 0 saturated carbocycles. The normalized spacial score (nSPS) is 10.3. The van der Waals surface area contributed by atoms with E-state index in [1.54, 1.807) is 6.07 Å². The molecule has 0 aliphatic rings. The number of hydrogen-bond acceptors (Lipinski definition) is 5. The molecule has 0 amide bonds. The molecule has 0 unspecified atom stereocenters. The summed E-state index contributed by atoms with van der Waals surface area (Å²) in [5.74, 6) is 0. The molecular weight excluding hydrogens is 272 g/mol. The Hall–Kier alpha value is -2.65. The standard InChI is InChI=1S/C14H8N4OS/c15-8-9-7-13(17-11-4-2-1-3-10(9)11)20-14-16-6-5-12(19)18-14/h1-7H,(H,16,18,19). The number of aromatic amines is 1. The smallest absolute Gasteiger partial charge is 0.251 e.